The molecule has 3 rings (SSSR count). The molecule has 0 heterocycles. The molecule has 0 saturated carbocycles. The molecule has 0 aliphatic carbocycles. The molecule has 0 aromatic heterocycles. The van der Waals surface area contributed by atoms with E-state index >= 15 is 0 Å². The molecule has 0 spiro atoms. The molecule has 0 atom stereocenters. The third-order valence-corrected chi connectivity index (χ3v) is 5.50. The van der Waals surface area contributed by atoms with Gasteiger partial charge in [-0.3, -0.25) is 0 Å². The van der Waals surface area contributed by atoms with E-state index in [0.29, 0.717) is 22.3 Å². The average molecular weight is 379 g/mol. The van der Waals surface area contributed by atoms with E-state index in [9.17, 15) is 8.78 Å². The molecule has 0 saturated heterocycles. The van der Waals surface area contributed by atoms with Gasteiger partial charge in [0.1, 0.15) is 11.6 Å². The smallest absolute Gasteiger partial charge is 0.134 e. The highest BCUT2D eigenvalue weighted by atomic mass is 19.1. The molecule has 0 bridgehead atoms. The molecule has 0 aliphatic rings. The molecule has 0 aliphatic heterocycles. The maximum atomic E-state index is 15.0. The van der Waals surface area contributed by atoms with Crippen LogP contribution in [-0.2, 0) is 12.8 Å². The minimum Gasteiger partial charge on any atom is -0.206 e. The molecule has 0 N–H and O–H groups in total. The number of halogens is 2. The molecule has 0 amide bonds. The van der Waals surface area contributed by atoms with Gasteiger partial charge >= 0.3 is 0 Å². The number of hydrogen-bond donors (Lipinski definition) is 0. The average Bonchev–Trinajstić information content (AvgIpc) is 2.71. The fraction of sp³-hybridized carbons (Fsp3) is 0.308. The second-order valence-corrected chi connectivity index (χ2v) is 7.41. The predicted molar refractivity (Wildman–Crippen MR) is 115 cm³/mol. The number of benzene rings is 3. The minimum atomic E-state index is -0.328. The van der Waals surface area contributed by atoms with Gasteiger partial charge in [0.2, 0.25) is 0 Å². The molecule has 2 heteroatoms. The van der Waals surface area contributed by atoms with Crippen LogP contribution in [-0.4, -0.2) is 0 Å². The number of unbranched alkanes of at least 4 members (excludes halogenated alkanes) is 2. The first-order valence-corrected chi connectivity index (χ1v) is 10.2. The minimum absolute atomic E-state index is 0.242. The van der Waals surface area contributed by atoms with Crippen LogP contribution < -0.4 is 0 Å². The molecule has 28 heavy (non-hydrogen) atoms. The summed E-state index contributed by atoms with van der Waals surface area (Å²) in [6.07, 6.45) is 5.20. The second kappa shape index (κ2) is 9.14. The first-order valence-electron chi connectivity index (χ1n) is 10.2. The van der Waals surface area contributed by atoms with E-state index in [4.69, 9.17) is 0 Å². The third kappa shape index (κ3) is 4.32. The summed E-state index contributed by atoms with van der Waals surface area (Å²) in [7, 11) is 0. The van der Waals surface area contributed by atoms with E-state index in [1.165, 1.54) is 11.6 Å². The highest BCUT2D eigenvalue weighted by Gasteiger charge is 2.14. The Morgan fingerprint density at radius 2 is 1.43 bits per heavy atom. The summed E-state index contributed by atoms with van der Waals surface area (Å²) >= 11 is 0. The molecular weight excluding hydrogens is 350 g/mol. The molecule has 3 aromatic rings. The Bertz CT molecular complexity index is 939. The maximum absolute atomic E-state index is 15.0. The zero-order chi connectivity index (χ0) is 20.1. The summed E-state index contributed by atoms with van der Waals surface area (Å²) in [5.41, 5.74) is 5.35. The molecule has 146 valence electrons. The Balaban J connectivity index is 1.90. The van der Waals surface area contributed by atoms with E-state index in [-0.39, 0.29) is 11.6 Å². The quantitative estimate of drug-likeness (QED) is 0.366. The first kappa shape index (κ1) is 20.3. The van der Waals surface area contributed by atoms with Gasteiger partial charge in [0.25, 0.3) is 0 Å². The van der Waals surface area contributed by atoms with Gasteiger partial charge in [-0.25, -0.2) is 8.78 Å². The number of aryl methyl sites for hydroxylation is 2. The van der Waals surface area contributed by atoms with Crippen LogP contribution in [0.15, 0.2) is 54.6 Å². The van der Waals surface area contributed by atoms with Crippen molar-refractivity contribution in [2.75, 3.05) is 0 Å². The highest BCUT2D eigenvalue weighted by Crippen LogP contribution is 2.31. The van der Waals surface area contributed by atoms with Crippen molar-refractivity contribution in [2.24, 2.45) is 0 Å². The number of rotatable bonds is 7. The highest BCUT2D eigenvalue weighted by molar-refractivity contribution is 5.72. The molecule has 3 aromatic carbocycles. The standard InChI is InChI=1S/C26H28F2/c1-4-6-7-8-20-13-16-24(26(28)18(20)3)22-14-15-23(25(27)17-22)21-11-9-19(5-2)10-12-21/h9-17H,4-8H2,1-3H3. The van der Waals surface area contributed by atoms with E-state index in [2.05, 4.69) is 13.8 Å². The molecule has 0 radical (unpaired) electrons. The van der Waals surface area contributed by atoms with E-state index in [1.54, 1.807) is 18.2 Å². The first-order chi connectivity index (χ1) is 13.5. The Hall–Kier alpha value is -2.48. The normalized spacial score (nSPS) is 11.0. The largest absolute Gasteiger partial charge is 0.206 e. The van der Waals surface area contributed by atoms with Crippen LogP contribution in [0.2, 0.25) is 0 Å². The van der Waals surface area contributed by atoms with Crippen LogP contribution in [0.1, 0.15) is 49.8 Å². The lowest BCUT2D eigenvalue weighted by Gasteiger charge is -2.12. The van der Waals surface area contributed by atoms with Crippen LogP contribution in [0.25, 0.3) is 22.3 Å². The monoisotopic (exact) mass is 378 g/mol. The van der Waals surface area contributed by atoms with E-state index in [0.717, 1.165) is 43.2 Å². The lowest BCUT2D eigenvalue weighted by atomic mass is 9.94. The van der Waals surface area contributed by atoms with Crippen LogP contribution in [0.5, 0.6) is 0 Å². The topological polar surface area (TPSA) is 0 Å². The Labute approximate surface area is 167 Å². The SMILES string of the molecule is CCCCCc1ccc(-c2ccc(-c3ccc(CC)cc3)c(F)c2)c(F)c1C. The summed E-state index contributed by atoms with van der Waals surface area (Å²) in [5.74, 6) is -0.570. The van der Waals surface area contributed by atoms with Gasteiger partial charge < -0.3 is 0 Å². The summed E-state index contributed by atoms with van der Waals surface area (Å²) < 4.78 is 29.8. The third-order valence-electron chi connectivity index (χ3n) is 5.50. The van der Waals surface area contributed by atoms with Crippen molar-refractivity contribution in [3.8, 4) is 22.3 Å². The van der Waals surface area contributed by atoms with Gasteiger partial charge in [0, 0.05) is 11.1 Å². The Morgan fingerprint density at radius 3 is 2.07 bits per heavy atom. The van der Waals surface area contributed by atoms with Crippen LogP contribution >= 0.6 is 0 Å². The van der Waals surface area contributed by atoms with Gasteiger partial charge in [0.05, 0.1) is 0 Å². The van der Waals surface area contributed by atoms with Crippen molar-refractivity contribution >= 4 is 0 Å². The van der Waals surface area contributed by atoms with Gasteiger partial charge in [-0.15, -0.1) is 0 Å². The van der Waals surface area contributed by atoms with Gasteiger partial charge in [-0.05, 0) is 60.1 Å². The maximum Gasteiger partial charge on any atom is 0.134 e. The number of hydrogen-bond acceptors (Lipinski definition) is 0. The molecule has 0 nitrogen and oxygen atoms in total. The lowest BCUT2D eigenvalue weighted by Crippen LogP contribution is -1.97. The van der Waals surface area contributed by atoms with Crippen molar-refractivity contribution in [2.45, 2.75) is 52.9 Å². The Morgan fingerprint density at radius 1 is 0.750 bits per heavy atom. The predicted octanol–water partition coefficient (Wildman–Crippen LogP) is 7.90. The van der Waals surface area contributed by atoms with Gasteiger partial charge in [0.15, 0.2) is 0 Å². The lowest BCUT2D eigenvalue weighted by molar-refractivity contribution is 0.614. The van der Waals surface area contributed by atoms with Gasteiger partial charge in [-0.1, -0.05) is 75.2 Å². The second-order valence-electron chi connectivity index (χ2n) is 7.41. The van der Waals surface area contributed by atoms with Crippen molar-refractivity contribution in [1.29, 1.82) is 0 Å². The zero-order valence-corrected chi connectivity index (χ0v) is 17.0. The molecule has 0 unspecified atom stereocenters. The summed E-state index contributed by atoms with van der Waals surface area (Å²) in [6.45, 7) is 6.07. The summed E-state index contributed by atoms with van der Waals surface area (Å²) in [6, 6.07) is 16.7. The van der Waals surface area contributed by atoms with Crippen LogP contribution in [0.4, 0.5) is 8.78 Å². The Kier molecular flexibility index (Phi) is 6.61. The van der Waals surface area contributed by atoms with Crippen molar-refractivity contribution < 1.29 is 8.78 Å². The molecular formula is C26H28F2. The summed E-state index contributed by atoms with van der Waals surface area (Å²) in [5, 5.41) is 0. The zero-order valence-electron chi connectivity index (χ0n) is 17.0. The van der Waals surface area contributed by atoms with Crippen LogP contribution in [0.3, 0.4) is 0 Å². The van der Waals surface area contributed by atoms with E-state index < -0.39 is 0 Å². The van der Waals surface area contributed by atoms with Gasteiger partial charge in [-0.2, -0.15) is 0 Å². The molecule has 0 fully saturated rings. The van der Waals surface area contributed by atoms with E-state index in [1.807, 2.05) is 37.3 Å². The fourth-order valence-corrected chi connectivity index (χ4v) is 3.62. The summed E-state index contributed by atoms with van der Waals surface area (Å²) in [4.78, 5) is 0. The van der Waals surface area contributed by atoms with Crippen molar-refractivity contribution in [3.63, 3.8) is 0 Å². The fourth-order valence-electron chi connectivity index (χ4n) is 3.62. The van der Waals surface area contributed by atoms with Crippen molar-refractivity contribution in [3.05, 3.63) is 82.9 Å². The van der Waals surface area contributed by atoms with Crippen molar-refractivity contribution in [1.82, 2.24) is 0 Å². The van der Waals surface area contributed by atoms with Crippen LogP contribution in [0, 0.1) is 18.6 Å².